The number of phosphoric ester groups is 1. The van der Waals surface area contributed by atoms with Gasteiger partial charge in [-0.2, -0.15) is 0 Å². The first kappa shape index (κ1) is 53.0. The van der Waals surface area contributed by atoms with Gasteiger partial charge in [0.2, 0.25) is 0 Å². The lowest BCUT2D eigenvalue weighted by Gasteiger charge is -2.24. The van der Waals surface area contributed by atoms with E-state index in [0.29, 0.717) is 11.0 Å². The molecule has 0 bridgehead atoms. The fraction of sp³-hybridized carbons (Fsp3) is 0.761. The maximum atomic E-state index is 12.7. The van der Waals surface area contributed by atoms with E-state index in [1.54, 1.807) is 6.26 Å². The molecule has 0 aliphatic carbocycles. The van der Waals surface area contributed by atoms with Gasteiger partial charge in [-0.15, -0.1) is 0 Å². The molecule has 0 rings (SSSR count). The van der Waals surface area contributed by atoms with Crippen LogP contribution in [-0.2, 0) is 27.9 Å². The van der Waals surface area contributed by atoms with Gasteiger partial charge in [-0.1, -0.05) is 159 Å². The summed E-state index contributed by atoms with van der Waals surface area (Å²) in [6.45, 7) is 4.79. The predicted molar refractivity (Wildman–Crippen MR) is 233 cm³/mol. The van der Waals surface area contributed by atoms with E-state index < -0.39 is 13.9 Å². The second-order valence-electron chi connectivity index (χ2n) is 15.8. The van der Waals surface area contributed by atoms with Gasteiger partial charge >= 0.3 is 13.8 Å². The number of hydrogen-bond donors (Lipinski definition) is 1. The molecule has 0 spiro atoms. The first-order valence-electron chi connectivity index (χ1n) is 22.1. The number of quaternary nitrogens is 1. The van der Waals surface area contributed by atoms with E-state index in [1.807, 2.05) is 27.2 Å². The molecular formula is C46H85NO7P+. The zero-order valence-corrected chi connectivity index (χ0v) is 37.0. The number of phosphoric acid groups is 1. The first-order valence-corrected chi connectivity index (χ1v) is 23.6. The van der Waals surface area contributed by atoms with Crippen molar-refractivity contribution in [1.82, 2.24) is 0 Å². The van der Waals surface area contributed by atoms with Crippen LogP contribution in [0.5, 0.6) is 0 Å². The van der Waals surface area contributed by atoms with Crippen LogP contribution in [0.25, 0.3) is 0 Å². The minimum absolute atomic E-state index is 0.0364. The van der Waals surface area contributed by atoms with Gasteiger partial charge in [-0.05, 0) is 63.9 Å². The van der Waals surface area contributed by atoms with E-state index in [4.69, 9.17) is 18.5 Å². The minimum atomic E-state index is -4.30. The Morgan fingerprint density at radius 2 is 1.07 bits per heavy atom. The lowest BCUT2D eigenvalue weighted by atomic mass is 10.0. The number of carbonyl (C=O) groups excluding carboxylic acids is 1. The van der Waals surface area contributed by atoms with Gasteiger partial charge in [-0.3, -0.25) is 13.8 Å². The Morgan fingerprint density at radius 1 is 0.600 bits per heavy atom. The van der Waals surface area contributed by atoms with Crippen LogP contribution in [0.4, 0.5) is 0 Å². The molecule has 0 radical (unpaired) electrons. The minimum Gasteiger partial charge on any atom is -0.498 e. The van der Waals surface area contributed by atoms with Gasteiger partial charge in [0.15, 0.2) is 6.10 Å². The maximum absolute atomic E-state index is 12.7. The summed E-state index contributed by atoms with van der Waals surface area (Å²) in [6, 6.07) is 0. The van der Waals surface area contributed by atoms with E-state index in [2.05, 4.69) is 62.5 Å². The summed E-state index contributed by atoms with van der Waals surface area (Å²) in [5.41, 5.74) is 0. The molecule has 0 amide bonds. The molecule has 0 aliphatic heterocycles. The van der Waals surface area contributed by atoms with Gasteiger partial charge in [0.05, 0.1) is 34.0 Å². The Bertz CT molecular complexity index is 1060. The van der Waals surface area contributed by atoms with Crippen LogP contribution in [0.3, 0.4) is 0 Å². The van der Waals surface area contributed by atoms with Crippen molar-refractivity contribution < 1.29 is 37.3 Å². The third-order valence-electron chi connectivity index (χ3n) is 9.16. The smallest absolute Gasteiger partial charge is 0.472 e. The lowest BCUT2D eigenvalue weighted by molar-refractivity contribution is -0.870. The fourth-order valence-electron chi connectivity index (χ4n) is 5.74. The van der Waals surface area contributed by atoms with Crippen molar-refractivity contribution >= 4 is 13.8 Å². The largest absolute Gasteiger partial charge is 0.498 e. The summed E-state index contributed by atoms with van der Waals surface area (Å²) < 4.78 is 34.7. The highest BCUT2D eigenvalue weighted by Gasteiger charge is 2.26. The maximum Gasteiger partial charge on any atom is 0.472 e. The molecular weight excluding hydrogens is 709 g/mol. The summed E-state index contributed by atoms with van der Waals surface area (Å²) >= 11 is 0. The highest BCUT2D eigenvalue weighted by Crippen LogP contribution is 2.43. The molecule has 0 aromatic rings. The molecule has 320 valence electrons. The molecule has 0 aliphatic rings. The molecule has 9 heteroatoms. The lowest BCUT2D eigenvalue weighted by Crippen LogP contribution is -2.37. The Balaban J connectivity index is 4.34. The van der Waals surface area contributed by atoms with Crippen molar-refractivity contribution in [3.05, 3.63) is 60.9 Å². The van der Waals surface area contributed by atoms with Crippen molar-refractivity contribution in [1.29, 1.82) is 0 Å². The molecule has 2 unspecified atom stereocenters. The molecule has 2 atom stereocenters. The molecule has 0 saturated carbocycles. The number of nitrogens with zero attached hydrogens (tertiary/aromatic N) is 1. The summed E-state index contributed by atoms with van der Waals surface area (Å²) in [5.74, 6) is -0.360. The fourth-order valence-corrected chi connectivity index (χ4v) is 6.49. The molecule has 8 nitrogen and oxygen atoms in total. The Morgan fingerprint density at radius 3 is 1.60 bits per heavy atom. The molecule has 0 saturated heterocycles. The van der Waals surface area contributed by atoms with Crippen LogP contribution >= 0.6 is 7.82 Å². The van der Waals surface area contributed by atoms with Crippen molar-refractivity contribution in [3.8, 4) is 0 Å². The summed E-state index contributed by atoms with van der Waals surface area (Å²) in [6.07, 6.45) is 49.2. The highest BCUT2D eigenvalue weighted by molar-refractivity contribution is 7.47. The predicted octanol–water partition coefficient (Wildman–Crippen LogP) is 13.3. The third-order valence-corrected chi connectivity index (χ3v) is 10.1. The quantitative estimate of drug-likeness (QED) is 0.0165. The number of esters is 1. The van der Waals surface area contributed by atoms with E-state index in [-0.39, 0.29) is 32.2 Å². The first-order chi connectivity index (χ1) is 26.6. The number of ether oxygens (including phenoxy) is 2. The summed E-state index contributed by atoms with van der Waals surface area (Å²) in [4.78, 5) is 22.9. The Kier molecular flexibility index (Phi) is 37.5. The van der Waals surface area contributed by atoms with E-state index in [9.17, 15) is 14.3 Å². The van der Waals surface area contributed by atoms with E-state index >= 15 is 0 Å². The van der Waals surface area contributed by atoms with Crippen molar-refractivity contribution in [3.63, 3.8) is 0 Å². The summed E-state index contributed by atoms with van der Waals surface area (Å²) in [5, 5.41) is 0. The van der Waals surface area contributed by atoms with Crippen LogP contribution in [0, 0.1) is 0 Å². The van der Waals surface area contributed by atoms with Crippen LogP contribution in [0.2, 0.25) is 0 Å². The van der Waals surface area contributed by atoms with Crippen molar-refractivity contribution in [2.24, 2.45) is 0 Å². The molecule has 55 heavy (non-hydrogen) atoms. The van der Waals surface area contributed by atoms with Gasteiger partial charge in [0.1, 0.15) is 19.8 Å². The SMILES string of the molecule is CC/C=C\C/C=C\C/C=C\C/C=C\CCCCCCC(=O)OC(CO/C=C\CCCCCCCCCCCCCCCC)COP(=O)(O)OCC[N+](C)(C)C. The highest BCUT2D eigenvalue weighted by atomic mass is 31.2. The molecule has 0 heterocycles. The van der Waals surface area contributed by atoms with Gasteiger partial charge in [-0.25, -0.2) is 4.57 Å². The van der Waals surface area contributed by atoms with Gasteiger partial charge in [0.25, 0.3) is 0 Å². The standard InChI is InChI=1S/C46H84NO7P/c1-6-8-10-12-14-16-18-20-22-24-25-27-29-31-33-35-37-39-46(48)54-45(44-53-55(49,50)52-42-40-47(3,4)5)43-51-41-38-36-34-32-30-28-26-23-21-19-17-15-13-11-9-7-2/h8,10,14,16,20,22,25,27,38,41,45H,6-7,9,11-13,15,17-19,21,23-24,26,28-37,39-40,42-44H2,1-5H3/p+1/b10-8-,16-14-,22-20-,27-25-,41-38-. The van der Waals surface area contributed by atoms with Crippen LogP contribution < -0.4 is 0 Å². The van der Waals surface area contributed by atoms with E-state index in [1.165, 1.54) is 83.5 Å². The molecule has 0 aromatic carbocycles. The van der Waals surface area contributed by atoms with Gasteiger partial charge in [0, 0.05) is 6.42 Å². The number of allylic oxidation sites excluding steroid dienone is 9. The number of likely N-dealkylation sites (N-methyl/N-ethyl adjacent to an activating group) is 1. The molecule has 0 aromatic heterocycles. The second-order valence-corrected chi connectivity index (χ2v) is 17.2. The monoisotopic (exact) mass is 795 g/mol. The van der Waals surface area contributed by atoms with Crippen LogP contribution in [0.1, 0.15) is 174 Å². The average molecular weight is 795 g/mol. The molecule has 1 N–H and O–H groups in total. The number of hydrogen-bond acceptors (Lipinski definition) is 6. The third kappa shape index (κ3) is 43.0. The Labute approximate surface area is 339 Å². The number of rotatable bonds is 40. The van der Waals surface area contributed by atoms with Crippen LogP contribution in [0.15, 0.2) is 60.9 Å². The summed E-state index contributed by atoms with van der Waals surface area (Å²) in [7, 11) is 1.61. The second kappa shape index (κ2) is 38.9. The number of unbranched alkanes of at least 4 members (excludes halogenated alkanes) is 18. The topological polar surface area (TPSA) is 91.3 Å². The van der Waals surface area contributed by atoms with Crippen molar-refractivity contribution in [2.75, 3.05) is 47.5 Å². The average Bonchev–Trinajstić information content (AvgIpc) is 3.13. The van der Waals surface area contributed by atoms with E-state index in [0.717, 1.165) is 70.6 Å². The van der Waals surface area contributed by atoms with Gasteiger partial charge < -0.3 is 18.9 Å². The number of carbonyl (C=O) groups is 1. The van der Waals surface area contributed by atoms with Crippen molar-refractivity contribution in [2.45, 2.75) is 180 Å². The zero-order valence-electron chi connectivity index (χ0n) is 36.1. The zero-order chi connectivity index (χ0) is 40.6. The molecule has 0 fully saturated rings. The Hall–Kier alpha value is -1.96. The van der Waals surface area contributed by atoms with Crippen LogP contribution in [-0.4, -0.2) is 69.0 Å². The normalized spacial score (nSPS) is 14.3.